The van der Waals surface area contributed by atoms with E-state index in [0.717, 1.165) is 29.7 Å². The third kappa shape index (κ3) is 3.33. The summed E-state index contributed by atoms with van der Waals surface area (Å²) in [5.41, 5.74) is 1.98. The predicted octanol–water partition coefficient (Wildman–Crippen LogP) is 3.06. The number of carbonyl (C=O) groups excluding carboxylic acids is 1. The van der Waals surface area contributed by atoms with Gasteiger partial charge in [-0.05, 0) is 18.4 Å². The maximum Gasteiger partial charge on any atom is 0.271 e. The predicted molar refractivity (Wildman–Crippen MR) is 115 cm³/mol. The van der Waals surface area contributed by atoms with Crippen LogP contribution < -0.4 is 5.56 Å². The Hall–Kier alpha value is -3.26. The van der Waals surface area contributed by atoms with Gasteiger partial charge < -0.3 is 4.90 Å². The topological polar surface area (TPSA) is 72.5 Å². The molecule has 0 N–H and O–H groups in total. The Balaban J connectivity index is 1.46. The lowest BCUT2D eigenvalue weighted by Crippen LogP contribution is -2.35. The van der Waals surface area contributed by atoms with Crippen LogP contribution in [0.15, 0.2) is 59.9 Å². The molecule has 1 amide bonds. The van der Waals surface area contributed by atoms with Crippen LogP contribution in [-0.4, -0.2) is 36.5 Å². The number of likely N-dealkylation sites (tertiary alicyclic amines) is 1. The number of nitrogens with zero attached hydrogens (tertiary/aromatic N) is 5. The fraction of sp³-hybridized carbons (Fsp3) is 0.273. The van der Waals surface area contributed by atoms with E-state index in [2.05, 4.69) is 22.2 Å². The highest BCUT2D eigenvalue weighted by molar-refractivity contribution is 7.17. The molecule has 3 aromatic heterocycles. The number of hydrogen-bond donors (Lipinski definition) is 0. The lowest BCUT2D eigenvalue weighted by molar-refractivity contribution is 0.0733. The number of thiazole rings is 1. The maximum atomic E-state index is 13.2. The van der Waals surface area contributed by atoms with Crippen molar-refractivity contribution in [3.05, 3.63) is 87.0 Å². The molecular weight excluding hydrogens is 398 g/mol. The molecule has 5 rings (SSSR count). The van der Waals surface area contributed by atoms with E-state index in [-0.39, 0.29) is 23.1 Å². The first-order valence-corrected chi connectivity index (χ1v) is 10.8. The van der Waals surface area contributed by atoms with Gasteiger partial charge in [-0.1, -0.05) is 30.3 Å². The molecule has 0 spiro atoms. The first kappa shape index (κ1) is 18.7. The fourth-order valence-corrected chi connectivity index (χ4v) is 5.05. The molecule has 30 heavy (non-hydrogen) atoms. The second-order valence-corrected chi connectivity index (χ2v) is 8.69. The Morgan fingerprint density at radius 1 is 1.20 bits per heavy atom. The molecule has 1 fully saturated rings. The molecule has 1 aliphatic rings. The highest BCUT2D eigenvalue weighted by Crippen LogP contribution is 2.32. The van der Waals surface area contributed by atoms with E-state index in [1.54, 1.807) is 15.8 Å². The van der Waals surface area contributed by atoms with Crippen LogP contribution in [0.2, 0.25) is 0 Å². The summed E-state index contributed by atoms with van der Waals surface area (Å²) >= 11 is 1.48. The molecule has 8 heteroatoms. The maximum absolute atomic E-state index is 13.2. The molecule has 0 saturated carbocycles. The second kappa shape index (κ2) is 7.53. The van der Waals surface area contributed by atoms with Gasteiger partial charge in [0, 0.05) is 49.0 Å². The molecule has 4 heterocycles. The molecule has 1 atom stereocenters. The van der Waals surface area contributed by atoms with Gasteiger partial charge in [-0.25, -0.2) is 4.98 Å². The number of fused-ring (bicyclic) bond motifs is 1. The summed E-state index contributed by atoms with van der Waals surface area (Å²) in [4.78, 5) is 34.2. The van der Waals surface area contributed by atoms with Crippen molar-refractivity contribution in [3.63, 3.8) is 0 Å². The van der Waals surface area contributed by atoms with Crippen LogP contribution >= 0.6 is 11.3 Å². The van der Waals surface area contributed by atoms with Gasteiger partial charge in [-0.2, -0.15) is 5.10 Å². The summed E-state index contributed by atoms with van der Waals surface area (Å²) in [5, 5.41) is 4.23. The molecule has 1 aromatic carbocycles. The summed E-state index contributed by atoms with van der Waals surface area (Å²) in [5.74, 6) is -0.260. The van der Waals surface area contributed by atoms with Crippen molar-refractivity contribution in [2.45, 2.75) is 25.3 Å². The Morgan fingerprint density at radius 3 is 2.80 bits per heavy atom. The van der Waals surface area contributed by atoms with E-state index in [0.29, 0.717) is 11.5 Å². The van der Waals surface area contributed by atoms with E-state index in [4.69, 9.17) is 0 Å². The Morgan fingerprint density at radius 2 is 2.03 bits per heavy atom. The van der Waals surface area contributed by atoms with Gasteiger partial charge in [-0.15, -0.1) is 11.3 Å². The van der Waals surface area contributed by atoms with Crippen molar-refractivity contribution in [2.24, 2.45) is 7.05 Å². The number of carbonyl (C=O) groups is 1. The molecule has 0 radical (unpaired) electrons. The molecular formula is C22H21N5O2S. The number of aromatic nitrogens is 4. The number of aryl methyl sites for hydroxylation is 1. The summed E-state index contributed by atoms with van der Waals surface area (Å²) in [6.45, 7) is 0.628. The second-order valence-electron chi connectivity index (χ2n) is 7.59. The molecule has 7 nitrogen and oxygen atoms in total. The number of benzene rings is 1. The van der Waals surface area contributed by atoms with Gasteiger partial charge in [0.1, 0.15) is 5.56 Å². The van der Waals surface area contributed by atoms with Crippen molar-refractivity contribution in [1.29, 1.82) is 0 Å². The summed E-state index contributed by atoms with van der Waals surface area (Å²) < 4.78 is 3.24. The van der Waals surface area contributed by atoms with Gasteiger partial charge in [0.25, 0.3) is 11.5 Å². The Bertz CT molecular complexity index is 1270. The van der Waals surface area contributed by atoms with Crippen LogP contribution in [-0.2, 0) is 13.5 Å². The van der Waals surface area contributed by atoms with Crippen molar-refractivity contribution in [1.82, 2.24) is 24.1 Å². The van der Waals surface area contributed by atoms with Crippen LogP contribution in [0.25, 0.3) is 4.96 Å². The normalized spacial score (nSPS) is 16.4. The molecule has 152 valence electrons. The standard InChI is InChI=1S/C22H21N5O2S/c1-25-13-16(11-24-25)19-8-5-9-26(19)20(28)18-12-23-22-27(21(18)29)14-17(30-22)10-15-6-3-2-4-7-15/h2-4,6-7,11-14,19H,5,8-10H2,1H3. The summed E-state index contributed by atoms with van der Waals surface area (Å²) in [6, 6.07) is 10.0. The molecule has 4 aromatic rings. The van der Waals surface area contributed by atoms with Gasteiger partial charge in [-0.3, -0.25) is 18.7 Å². The minimum atomic E-state index is -0.308. The third-order valence-corrected chi connectivity index (χ3v) is 6.53. The number of amides is 1. The molecule has 1 aliphatic heterocycles. The minimum absolute atomic E-state index is 0.0533. The Labute approximate surface area is 177 Å². The van der Waals surface area contributed by atoms with E-state index in [9.17, 15) is 9.59 Å². The Kier molecular flexibility index (Phi) is 4.71. The molecule has 1 saturated heterocycles. The lowest BCUT2D eigenvalue weighted by atomic mass is 10.1. The van der Waals surface area contributed by atoms with Gasteiger partial charge in [0.15, 0.2) is 4.96 Å². The highest BCUT2D eigenvalue weighted by atomic mass is 32.1. The number of rotatable bonds is 4. The van der Waals surface area contributed by atoms with Crippen molar-refractivity contribution in [3.8, 4) is 0 Å². The first-order valence-electron chi connectivity index (χ1n) is 9.93. The highest BCUT2D eigenvalue weighted by Gasteiger charge is 2.33. The summed E-state index contributed by atoms with van der Waals surface area (Å²) in [6.07, 6.45) is 9.46. The van der Waals surface area contributed by atoms with Gasteiger partial charge in [0.05, 0.1) is 12.2 Å². The molecule has 1 unspecified atom stereocenters. The average molecular weight is 420 g/mol. The smallest absolute Gasteiger partial charge is 0.271 e. The zero-order chi connectivity index (χ0) is 20.7. The van der Waals surface area contributed by atoms with Crippen molar-refractivity contribution >= 4 is 22.2 Å². The van der Waals surface area contributed by atoms with E-state index in [1.165, 1.54) is 27.5 Å². The zero-order valence-electron chi connectivity index (χ0n) is 16.6. The van der Waals surface area contributed by atoms with E-state index in [1.807, 2.05) is 37.6 Å². The number of hydrogen-bond acceptors (Lipinski definition) is 5. The van der Waals surface area contributed by atoms with Crippen LogP contribution in [0.1, 0.15) is 45.2 Å². The SMILES string of the molecule is Cn1cc(C2CCCN2C(=O)c2cnc3sc(Cc4ccccc4)cn3c2=O)cn1. The average Bonchev–Trinajstić information content (AvgIpc) is 3.48. The monoisotopic (exact) mass is 419 g/mol. The zero-order valence-corrected chi connectivity index (χ0v) is 17.4. The largest absolute Gasteiger partial charge is 0.331 e. The lowest BCUT2D eigenvalue weighted by Gasteiger charge is -2.23. The van der Waals surface area contributed by atoms with Crippen LogP contribution in [0.5, 0.6) is 0 Å². The fourth-order valence-electron chi connectivity index (χ4n) is 4.08. The summed E-state index contributed by atoms with van der Waals surface area (Å²) in [7, 11) is 1.86. The van der Waals surface area contributed by atoms with Gasteiger partial charge >= 0.3 is 0 Å². The van der Waals surface area contributed by atoms with Crippen molar-refractivity contribution in [2.75, 3.05) is 6.54 Å². The minimum Gasteiger partial charge on any atom is -0.331 e. The quantitative estimate of drug-likeness (QED) is 0.510. The van der Waals surface area contributed by atoms with Gasteiger partial charge in [0.2, 0.25) is 0 Å². The van der Waals surface area contributed by atoms with E-state index >= 15 is 0 Å². The van der Waals surface area contributed by atoms with Crippen LogP contribution in [0, 0.1) is 0 Å². The first-order chi connectivity index (χ1) is 14.6. The van der Waals surface area contributed by atoms with E-state index < -0.39 is 0 Å². The third-order valence-electron chi connectivity index (χ3n) is 5.53. The van der Waals surface area contributed by atoms with Crippen LogP contribution in [0.4, 0.5) is 0 Å². The van der Waals surface area contributed by atoms with Crippen molar-refractivity contribution < 1.29 is 4.79 Å². The molecule has 0 aliphatic carbocycles. The van der Waals surface area contributed by atoms with Crippen LogP contribution in [0.3, 0.4) is 0 Å². The molecule has 0 bridgehead atoms.